The largest absolute Gasteiger partial charge is 0.469 e. The lowest BCUT2D eigenvalue weighted by molar-refractivity contribution is -0.144. The third kappa shape index (κ3) is 4.97. The molecule has 2 atom stereocenters. The second-order valence-electron chi connectivity index (χ2n) is 6.93. The number of hydrogen-bond acceptors (Lipinski definition) is 6. The van der Waals surface area contributed by atoms with Crippen molar-refractivity contribution in [2.24, 2.45) is 17.8 Å². The summed E-state index contributed by atoms with van der Waals surface area (Å²) in [6.07, 6.45) is 1.43. The molecule has 0 bridgehead atoms. The van der Waals surface area contributed by atoms with Gasteiger partial charge in [-0.05, 0) is 24.5 Å². The van der Waals surface area contributed by atoms with Gasteiger partial charge in [-0.1, -0.05) is 13.8 Å². The highest BCUT2D eigenvalue weighted by Crippen LogP contribution is 2.24. The van der Waals surface area contributed by atoms with Gasteiger partial charge in [0.2, 0.25) is 11.6 Å². The quantitative estimate of drug-likeness (QED) is 0.664. The molecule has 140 valence electrons. The predicted molar refractivity (Wildman–Crippen MR) is 91.1 cm³/mol. The highest BCUT2D eigenvalue weighted by Gasteiger charge is 2.35. The zero-order valence-electron chi connectivity index (χ0n) is 14.9. The maximum Gasteiger partial charge on any atom is 0.287 e. The highest BCUT2D eigenvalue weighted by atomic mass is 16.3. The lowest BCUT2D eigenvalue weighted by Gasteiger charge is -2.24. The zero-order valence-corrected chi connectivity index (χ0v) is 14.9. The summed E-state index contributed by atoms with van der Waals surface area (Å²) in [4.78, 5) is 60.2. The normalized spacial score (nSPS) is 18.5. The fourth-order valence-electron chi connectivity index (χ4n) is 3.06. The zero-order chi connectivity index (χ0) is 19.3. The van der Waals surface area contributed by atoms with Crippen molar-refractivity contribution in [2.45, 2.75) is 39.5 Å². The average Bonchev–Trinajstić information content (AvgIpc) is 3.09. The smallest absolute Gasteiger partial charge is 0.287 e. The van der Waals surface area contributed by atoms with Gasteiger partial charge < -0.3 is 9.73 Å². The van der Waals surface area contributed by atoms with Gasteiger partial charge >= 0.3 is 0 Å². The molecule has 2 heterocycles. The Bertz CT molecular complexity index is 704. The molecule has 0 saturated carbocycles. The predicted octanol–water partition coefficient (Wildman–Crippen LogP) is 1.29. The van der Waals surface area contributed by atoms with Gasteiger partial charge in [0, 0.05) is 31.2 Å². The van der Waals surface area contributed by atoms with Crippen molar-refractivity contribution in [3.05, 3.63) is 24.2 Å². The summed E-state index contributed by atoms with van der Waals surface area (Å²) in [5, 5.41) is 2.45. The van der Waals surface area contributed by atoms with Gasteiger partial charge in [0.05, 0.1) is 12.7 Å². The molecule has 1 aromatic heterocycles. The van der Waals surface area contributed by atoms with Crippen LogP contribution in [0.25, 0.3) is 0 Å². The molecule has 0 radical (unpaired) electrons. The summed E-state index contributed by atoms with van der Waals surface area (Å²) < 4.78 is 5.06. The number of piperidine rings is 1. The van der Waals surface area contributed by atoms with Gasteiger partial charge in [-0.25, -0.2) is 0 Å². The van der Waals surface area contributed by atoms with Crippen molar-refractivity contribution in [3.8, 4) is 0 Å². The minimum absolute atomic E-state index is 0.0746. The molecule has 1 N–H and O–H groups in total. The van der Waals surface area contributed by atoms with Crippen LogP contribution in [0, 0.1) is 17.8 Å². The monoisotopic (exact) mass is 361 g/mol. The summed E-state index contributed by atoms with van der Waals surface area (Å²) in [5.74, 6) is -3.80. The second kappa shape index (κ2) is 8.69. The van der Waals surface area contributed by atoms with Crippen LogP contribution in [0.15, 0.2) is 22.8 Å². The third-order valence-electron chi connectivity index (χ3n) is 4.67. The molecule has 0 aromatic carbocycles. The Morgan fingerprint density at radius 1 is 1.23 bits per heavy atom. The van der Waals surface area contributed by atoms with Crippen LogP contribution in [-0.4, -0.2) is 35.6 Å². The van der Waals surface area contributed by atoms with E-state index < -0.39 is 35.1 Å². The molecule has 1 aliphatic heterocycles. The number of carbonyl (C=O) groups is 5. The van der Waals surface area contributed by atoms with Gasteiger partial charge in [-0.15, -0.1) is 0 Å². The molecule has 2 rings (SSSR count). The number of Topliss-reactive ketones (excluding diaryl/α,β-unsaturated/α-hetero) is 4. The topological polar surface area (TPSA) is 111 Å². The Kier molecular flexibility index (Phi) is 6.60. The standard InChI is InChI=1S/C19H23NO6/c1-11(2)14(10-17(23)16(22)9-13-4-3-7-26-13)15(21)8-12-5-6-20-19(25)18(12)24/h3-4,7,11-12,14H,5-6,8-10H2,1-2H3,(H,20,25). The van der Waals surface area contributed by atoms with Crippen molar-refractivity contribution in [1.29, 1.82) is 0 Å². The van der Waals surface area contributed by atoms with Crippen LogP contribution in [0.4, 0.5) is 0 Å². The molecule has 1 aliphatic rings. The molecule has 1 aromatic rings. The maximum atomic E-state index is 12.6. The first-order valence-electron chi connectivity index (χ1n) is 8.72. The van der Waals surface area contributed by atoms with Gasteiger partial charge in [0.15, 0.2) is 5.78 Å². The van der Waals surface area contributed by atoms with Gasteiger partial charge in [-0.2, -0.15) is 0 Å². The summed E-state index contributed by atoms with van der Waals surface area (Å²) in [5.41, 5.74) is 0. The van der Waals surface area contributed by atoms with E-state index in [0.717, 1.165) is 0 Å². The van der Waals surface area contributed by atoms with Crippen LogP contribution in [0.1, 0.15) is 38.9 Å². The average molecular weight is 361 g/mol. The minimum atomic E-state index is -0.667. The van der Waals surface area contributed by atoms with E-state index in [0.29, 0.717) is 18.7 Å². The number of hydrogen-bond donors (Lipinski definition) is 1. The van der Waals surface area contributed by atoms with E-state index in [1.54, 1.807) is 26.0 Å². The lowest BCUT2D eigenvalue weighted by Crippen LogP contribution is -2.43. The molecule has 1 fully saturated rings. The first-order valence-corrected chi connectivity index (χ1v) is 8.72. The van der Waals surface area contributed by atoms with Crippen LogP contribution >= 0.6 is 0 Å². The molecule has 1 amide bonds. The van der Waals surface area contributed by atoms with E-state index >= 15 is 0 Å². The van der Waals surface area contributed by atoms with Crippen molar-refractivity contribution in [1.82, 2.24) is 5.32 Å². The Morgan fingerprint density at radius 2 is 1.96 bits per heavy atom. The number of ketones is 4. The number of carbonyl (C=O) groups excluding carboxylic acids is 5. The first kappa shape index (κ1) is 19.8. The molecular weight excluding hydrogens is 338 g/mol. The van der Waals surface area contributed by atoms with Crippen LogP contribution in [0.5, 0.6) is 0 Å². The lowest BCUT2D eigenvalue weighted by atomic mass is 9.80. The second-order valence-corrected chi connectivity index (χ2v) is 6.93. The fraction of sp³-hybridized carbons (Fsp3) is 0.526. The third-order valence-corrected chi connectivity index (χ3v) is 4.67. The van der Waals surface area contributed by atoms with E-state index in [1.165, 1.54) is 6.26 Å². The number of nitrogens with one attached hydrogen (secondary N) is 1. The van der Waals surface area contributed by atoms with Crippen molar-refractivity contribution >= 4 is 29.0 Å². The van der Waals surface area contributed by atoms with Crippen LogP contribution < -0.4 is 5.32 Å². The Labute approximate surface area is 151 Å². The van der Waals surface area contributed by atoms with Crippen molar-refractivity contribution in [2.75, 3.05) is 6.54 Å². The van der Waals surface area contributed by atoms with E-state index in [9.17, 15) is 24.0 Å². The Balaban J connectivity index is 1.97. The summed E-state index contributed by atoms with van der Waals surface area (Å²) in [7, 11) is 0. The first-order chi connectivity index (χ1) is 12.3. The van der Waals surface area contributed by atoms with Crippen LogP contribution in [0.3, 0.4) is 0 Å². The molecule has 1 saturated heterocycles. The van der Waals surface area contributed by atoms with Gasteiger partial charge in [-0.3, -0.25) is 24.0 Å². The van der Waals surface area contributed by atoms with Gasteiger partial charge in [0.1, 0.15) is 11.5 Å². The molecule has 26 heavy (non-hydrogen) atoms. The van der Waals surface area contributed by atoms with Crippen molar-refractivity contribution in [3.63, 3.8) is 0 Å². The molecule has 2 unspecified atom stereocenters. The van der Waals surface area contributed by atoms with E-state index in [-0.39, 0.29) is 31.0 Å². The van der Waals surface area contributed by atoms with Crippen molar-refractivity contribution < 1.29 is 28.4 Å². The highest BCUT2D eigenvalue weighted by molar-refractivity contribution is 6.38. The molecule has 0 aliphatic carbocycles. The summed E-state index contributed by atoms with van der Waals surface area (Å²) in [6, 6.07) is 3.24. The molecule has 7 heteroatoms. The molecular formula is C19H23NO6. The maximum absolute atomic E-state index is 12.6. The molecule has 7 nitrogen and oxygen atoms in total. The fourth-order valence-corrected chi connectivity index (χ4v) is 3.06. The molecule has 0 spiro atoms. The van der Waals surface area contributed by atoms with Crippen LogP contribution in [0.2, 0.25) is 0 Å². The minimum Gasteiger partial charge on any atom is -0.469 e. The number of furan rings is 1. The Morgan fingerprint density at radius 3 is 2.58 bits per heavy atom. The number of amides is 1. The summed E-state index contributed by atoms with van der Waals surface area (Å²) in [6.45, 7) is 3.94. The van der Waals surface area contributed by atoms with Gasteiger partial charge in [0.25, 0.3) is 5.91 Å². The SMILES string of the molecule is CC(C)C(CC(=O)C(=O)Cc1ccco1)C(=O)CC1CCNC(=O)C1=O. The summed E-state index contributed by atoms with van der Waals surface area (Å²) >= 11 is 0. The Hall–Kier alpha value is -2.57. The van der Waals surface area contributed by atoms with E-state index in [2.05, 4.69) is 5.32 Å². The van der Waals surface area contributed by atoms with Crippen LogP contribution in [-0.2, 0) is 30.4 Å². The number of rotatable bonds is 9. The van der Waals surface area contributed by atoms with E-state index in [1.807, 2.05) is 0 Å². The van der Waals surface area contributed by atoms with E-state index in [4.69, 9.17) is 4.42 Å².